The minimum atomic E-state index is 0. The summed E-state index contributed by atoms with van der Waals surface area (Å²) in [5, 5.41) is 0. The number of hydrogen-bond acceptors (Lipinski definition) is 3. The number of nitrogens with one attached hydrogen (secondary N) is 1. The monoisotopic (exact) mass is 222 g/mol. The second kappa shape index (κ2) is 3.37. The van der Waals surface area contributed by atoms with Crippen molar-refractivity contribution < 1.29 is 32.7 Å². The molecule has 2 heterocycles. The number of imidazole rings is 1. The van der Waals surface area contributed by atoms with Crippen LogP contribution >= 0.6 is 0 Å². The van der Waals surface area contributed by atoms with Crippen LogP contribution in [-0.4, -0.2) is 19.9 Å². The van der Waals surface area contributed by atoms with Crippen LogP contribution in [0.2, 0.25) is 0 Å². The van der Waals surface area contributed by atoms with Crippen LogP contribution in [0.4, 0.5) is 0 Å². The van der Waals surface area contributed by atoms with Gasteiger partial charge in [-0.1, -0.05) is 13.1 Å². The number of aryl methyl sites for hydroxylation is 1. The average Bonchev–Trinajstić information content (AvgIpc) is 2.33. The number of nitrogens with zero attached hydrogens (tertiary/aromatic N) is 3. The van der Waals surface area contributed by atoms with Gasteiger partial charge in [0.15, 0.2) is 0 Å². The minimum absolute atomic E-state index is 0. The first kappa shape index (κ1) is 8.75. The van der Waals surface area contributed by atoms with E-state index in [-0.39, 0.29) is 32.7 Å². The molecule has 0 saturated heterocycles. The second-order valence-electron chi connectivity index (χ2n) is 1.98. The summed E-state index contributed by atoms with van der Waals surface area (Å²) >= 11 is 0. The Morgan fingerprint density at radius 2 is 2.36 bits per heavy atom. The first-order chi connectivity index (χ1) is 4.86. The summed E-state index contributed by atoms with van der Waals surface area (Å²) in [5.74, 6) is 0.694. The molecule has 0 amide bonds. The van der Waals surface area contributed by atoms with Crippen molar-refractivity contribution in [2.24, 2.45) is 0 Å². The first-order valence-corrected chi connectivity index (χ1v) is 2.91. The van der Waals surface area contributed by atoms with Gasteiger partial charge in [-0.25, -0.2) is 0 Å². The van der Waals surface area contributed by atoms with Gasteiger partial charge in [-0.05, 0) is 5.52 Å². The topological polar surface area (TPSA) is 54.5 Å². The zero-order chi connectivity index (χ0) is 6.97. The van der Waals surface area contributed by atoms with E-state index in [2.05, 4.69) is 26.1 Å². The fourth-order valence-electron chi connectivity index (χ4n) is 0.769. The molecule has 5 heteroatoms. The summed E-state index contributed by atoms with van der Waals surface area (Å²) in [7, 11) is 0. The van der Waals surface area contributed by atoms with Gasteiger partial charge in [0, 0.05) is 5.82 Å². The van der Waals surface area contributed by atoms with Gasteiger partial charge in [-0.15, -0.1) is 0 Å². The summed E-state index contributed by atoms with van der Waals surface area (Å²) in [6.45, 7) is 1.81. The van der Waals surface area contributed by atoms with Crippen LogP contribution in [0.1, 0.15) is 5.82 Å². The zero-order valence-electron chi connectivity index (χ0n) is 6.00. The van der Waals surface area contributed by atoms with Crippen molar-refractivity contribution >= 4 is 11.2 Å². The Hall–Kier alpha value is -0.346. The van der Waals surface area contributed by atoms with Gasteiger partial charge in [-0.2, -0.15) is 0 Å². The summed E-state index contributed by atoms with van der Waals surface area (Å²) in [6.07, 6.45) is 4.35. The van der Waals surface area contributed by atoms with Gasteiger partial charge < -0.3 is 15.0 Å². The van der Waals surface area contributed by atoms with Crippen molar-refractivity contribution in [3.63, 3.8) is 0 Å². The molecule has 50 valence electrons. The van der Waals surface area contributed by atoms with Crippen molar-refractivity contribution in [1.82, 2.24) is 19.9 Å². The minimum Gasteiger partial charge on any atom is -0.371 e. The van der Waals surface area contributed by atoms with Crippen molar-refractivity contribution in [2.75, 3.05) is 0 Å². The van der Waals surface area contributed by atoms with E-state index in [9.17, 15) is 0 Å². The molecule has 0 spiro atoms. The number of fused-ring (bicyclic) bond motifs is 1. The number of aromatic nitrogens is 4. The molecule has 0 saturated carbocycles. The predicted molar refractivity (Wildman–Crippen MR) is 35.3 cm³/mol. The molecule has 0 radical (unpaired) electrons. The maximum Gasteiger partial charge on any atom is 3.00 e. The molecule has 0 aliphatic rings. The Balaban J connectivity index is 0.000000605. The summed E-state index contributed by atoms with van der Waals surface area (Å²) in [5.41, 5.74) is 1.43. The number of rotatable bonds is 0. The van der Waals surface area contributed by atoms with E-state index in [1.165, 1.54) is 0 Å². The first-order valence-electron chi connectivity index (χ1n) is 2.91. The fraction of sp³-hybridized carbons (Fsp3) is 0.167. The fourth-order valence-corrected chi connectivity index (χ4v) is 0.769. The molecule has 2 aromatic heterocycles. The van der Waals surface area contributed by atoms with Gasteiger partial charge in [-0.3, -0.25) is 4.98 Å². The Bertz CT molecular complexity index is 356. The van der Waals surface area contributed by atoms with Gasteiger partial charge in [0.2, 0.25) is 0 Å². The SMILES string of the molecule is Cc1n[c-]c2[nH]cnc2n1.[Y+3]. The molecule has 1 N–H and O–H groups in total. The van der Waals surface area contributed by atoms with E-state index in [0.717, 1.165) is 5.52 Å². The molecule has 4 nitrogen and oxygen atoms in total. The van der Waals surface area contributed by atoms with Crippen LogP contribution in [0, 0.1) is 13.1 Å². The molecule has 0 aliphatic carbocycles. The van der Waals surface area contributed by atoms with Crippen molar-refractivity contribution in [3.8, 4) is 0 Å². The molecule has 2 aromatic rings. The van der Waals surface area contributed by atoms with Gasteiger partial charge in [0.1, 0.15) is 0 Å². The van der Waals surface area contributed by atoms with Crippen LogP contribution < -0.4 is 0 Å². The van der Waals surface area contributed by atoms with Crippen LogP contribution in [-0.2, 0) is 32.7 Å². The molecular formula is C6H5N4Y+2. The van der Waals surface area contributed by atoms with Crippen LogP contribution in [0.15, 0.2) is 6.33 Å². The van der Waals surface area contributed by atoms with Crippen molar-refractivity contribution in [3.05, 3.63) is 18.3 Å². The third-order valence-electron chi connectivity index (χ3n) is 1.22. The molecule has 0 fully saturated rings. The number of aromatic amines is 1. The molecule has 0 atom stereocenters. The van der Waals surface area contributed by atoms with E-state index >= 15 is 0 Å². The Morgan fingerprint density at radius 3 is 3.18 bits per heavy atom. The molecular weight excluding hydrogens is 217 g/mol. The third kappa shape index (κ3) is 1.63. The normalized spacial score (nSPS) is 9.55. The van der Waals surface area contributed by atoms with E-state index in [1.807, 2.05) is 6.92 Å². The largest absolute Gasteiger partial charge is 3.00 e. The molecule has 0 bridgehead atoms. The molecule has 2 rings (SSSR count). The standard InChI is InChI=1S/C6H5N4.Y/c1-4-7-2-5-6(10-4)9-3-8-5;/h3H,1H3,(H,7,8,9,10);/q-1;+3. The van der Waals surface area contributed by atoms with Gasteiger partial charge in [0.25, 0.3) is 0 Å². The molecule has 0 unspecified atom stereocenters. The van der Waals surface area contributed by atoms with Crippen LogP contribution in [0.25, 0.3) is 11.2 Å². The van der Waals surface area contributed by atoms with Gasteiger partial charge in [0.05, 0.1) is 12.0 Å². The number of H-pyrrole nitrogens is 1. The quantitative estimate of drug-likeness (QED) is 0.658. The molecule has 11 heavy (non-hydrogen) atoms. The van der Waals surface area contributed by atoms with Crippen molar-refractivity contribution in [2.45, 2.75) is 6.92 Å². The van der Waals surface area contributed by atoms with E-state index in [1.54, 1.807) is 6.33 Å². The molecule has 0 aliphatic heterocycles. The second-order valence-corrected chi connectivity index (χ2v) is 1.98. The maximum atomic E-state index is 4.05. The van der Waals surface area contributed by atoms with Crippen molar-refractivity contribution in [1.29, 1.82) is 0 Å². The zero-order valence-corrected chi connectivity index (χ0v) is 8.83. The van der Waals surface area contributed by atoms with Crippen LogP contribution in [0.5, 0.6) is 0 Å². The molecule has 0 aromatic carbocycles. The maximum absolute atomic E-state index is 4.05. The Labute approximate surface area is 88.7 Å². The smallest absolute Gasteiger partial charge is 0.371 e. The Morgan fingerprint density at radius 1 is 1.55 bits per heavy atom. The number of hydrogen-bond donors (Lipinski definition) is 1. The van der Waals surface area contributed by atoms with E-state index < -0.39 is 0 Å². The summed E-state index contributed by atoms with van der Waals surface area (Å²) in [6, 6.07) is 0. The van der Waals surface area contributed by atoms with E-state index in [0.29, 0.717) is 11.5 Å². The summed E-state index contributed by atoms with van der Waals surface area (Å²) < 4.78 is 0. The van der Waals surface area contributed by atoms with E-state index in [4.69, 9.17) is 0 Å². The summed E-state index contributed by atoms with van der Waals surface area (Å²) in [4.78, 5) is 14.7. The van der Waals surface area contributed by atoms with Crippen LogP contribution in [0.3, 0.4) is 0 Å². The van der Waals surface area contributed by atoms with Gasteiger partial charge >= 0.3 is 32.7 Å². The predicted octanol–water partition coefficient (Wildman–Crippen LogP) is 0.459. The third-order valence-corrected chi connectivity index (χ3v) is 1.22. The average molecular weight is 222 g/mol. The Kier molecular flexibility index (Phi) is 2.68.